The van der Waals surface area contributed by atoms with Gasteiger partial charge in [0.15, 0.2) is 0 Å². The van der Waals surface area contributed by atoms with Crippen molar-refractivity contribution in [2.75, 3.05) is 20.3 Å². The second kappa shape index (κ2) is 10.9. The van der Waals surface area contributed by atoms with Crippen molar-refractivity contribution in [2.45, 2.75) is 107 Å². The van der Waals surface area contributed by atoms with Crippen LogP contribution in [0.5, 0.6) is 0 Å². The Morgan fingerprint density at radius 2 is 1.90 bits per heavy atom. The third-order valence-electron chi connectivity index (χ3n) is 6.65. The maximum Gasteiger partial charge on any atom is 0.228 e. The van der Waals surface area contributed by atoms with Crippen LogP contribution < -0.4 is 0 Å². The molecule has 0 amide bonds. The van der Waals surface area contributed by atoms with Crippen LogP contribution in [-0.2, 0) is 27.7 Å². The molecule has 2 heterocycles. The summed E-state index contributed by atoms with van der Waals surface area (Å²) < 4.78 is 34.1. The lowest BCUT2D eigenvalue weighted by Gasteiger charge is -2.35. The Kier molecular flexibility index (Phi) is 8.57. The molecular weight excluding hydrogens is 386 g/mol. The minimum atomic E-state index is -3.36. The van der Waals surface area contributed by atoms with E-state index in [1.807, 2.05) is 10.8 Å². The summed E-state index contributed by atoms with van der Waals surface area (Å²) in [5.74, 6) is 0. The van der Waals surface area contributed by atoms with E-state index >= 15 is 0 Å². The number of hydrogen-bond donors (Lipinski definition) is 0. The van der Waals surface area contributed by atoms with Crippen LogP contribution in [-0.4, -0.2) is 54.4 Å². The SMILES string of the molecule is CCCCn1c(CN2CCCC[C@@H]2CCOC)cnc1S(=O)(=O)C1CCCCC1. The topological polar surface area (TPSA) is 64.4 Å². The minimum absolute atomic E-state index is 0.253. The average Bonchev–Trinajstić information content (AvgIpc) is 3.15. The number of rotatable bonds is 10. The molecule has 2 fully saturated rings. The van der Waals surface area contributed by atoms with E-state index < -0.39 is 9.84 Å². The number of imidazole rings is 1. The van der Waals surface area contributed by atoms with E-state index in [-0.39, 0.29) is 5.25 Å². The molecule has 3 rings (SSSR count). The first-order valence-corrected chi connectivity index (χ1v) is 13.1. The second-order valence-electron chi connectivity index (χ2n) is 8.74. The fourth-order valence-corrected chi connectivity index (χ4v) is 6.85. The van der Waals surface area contributed by atoms with Gasteiger partial charge in [0, 0.05) is 32.8 Å². The summed E-state index contributed by atoms with van der Waals surface area (Å²) in [7, 11) is -1.60. The molecule has 2 aliphatic rings. The Balaban J connectivity index is 1.83. The van der Waals surface area contributed by atoms with E-state index in [0.717, 1.165) is 83.3 Å². The van der Waals surface area contributed by atoms with Gasteiger partial charge in [-0.05, 0) is 45.1 Å². The normalized spacial score (nSPS) is 22.2. The number of unbranched alkanes of at least 4 members (excludes halogenated alkanes) is 1. The highest BCUT2D eigenvalue weighted by atomic mass is 32.2. The molecule has 0 bridgehead atoms. The van der Waals surface area contributed by atoms with E-state index in [9.17, 15) is 8.42 Å². The van der Waals surface area contributed by atoms with Gasteiger partial charge in [0.1, 0.15) is 0 Å². The predicted octanol–water partition coefficient (Wildman–Crippen LogP) is 4.18. The van der Waals surface area contributed by atoms with Crippen LogP contribution >= 0.6 is 0 Å². The molecule has 29 heavy (non-hydrogen) atoms. The molecule has 7 heteroatoms. The summed E-state index contributed by atoms with van der Waals surface area (Å²) in [5, 5.41) is 0.0645. The zero-order valence-corrected chi connectivity index (χ0v) is 19.1. The van der Waals surface area contributed by atoms with Crippen molar-refractivity contribution in [2.24, 2.45) is 0 Å². The summed E-state index contributed by atoms with van der Waals surface area (Å²) in [6, 6.07) is 0.511. The average molecular weight is 426 g/mol. The second-order valence-corrected chi connectivity index (χ2v) is 10.9. The summed E-state index contributed by atoms with van der Waals surface area (Å²) >= 11 is 0. The molecule has 1 aromatic heterocycles. The Morgan fingerprint density at radius 1 is 1.14 bits per heavy atom. The number of ether oxygens (including phenoxy) is 1. The molecule has 6 nitrogen and oxygen atoms in total. The first-order valence-electron chi connectivity index (χ1n) is 11.6. The fourth-order valence-electron chi connectivity index (χ4n) is 4.88. The molecule has 1 saturated carbocycles. The lowest BCUT2D eigenvalue weighted by atomic mass is 9.99. The van der Waals surface area contributed by atoms with Crippen molar-refractivity contribution < 1.29 is 13.2 Å². The van der Waals surface area contributed by atoms with E-state index in [1.54, 1.807) is 7.11 Å². The Morgan fingerprint density at radius 3 is 2.62 bits per heavy atom. The number of aromatic nitrogens is 2. The Hall–Kier alpha value is -0.920. The molecule has 1 aliphatic carbocycles. The molecule has 1 atom stereocenters. The summed E-state index contributed by atoms with van der Waals surface area (Å²) in [5.41, 5.74) is 1.05. The zero-order valence-electron chi connectivity index (χ0n) is 18.3. The largest absolute Gasteiger partial charge is 0.385 e. The lowest BCUT2D eigenvalue weighted by Crippen LogP contribution is -2.40. The number of methoxy groups -OCH3 is 1. The first-order chi connectivity index (χ1) is 14.1. The standard InChI is InChI=1S/C22H39N3O3S/c1-3-4-15-25-20(18-24-14-9-8-10-19(24)13-16-28-2)17-23-22(25)29(26,27)21-11-6-5-7-12-21/h17,19,21H,3-16,18H2,1-2H3/t19-/m1/s1. The minimum Gasteiger partial charge on any atom is -0.385 e. The monoisotopic (exact) mass is 425 g/mol. The van der Waals surface area contributed by atoms with Crippen LogP contribution in [0.3, 0.4) is 0 Å². The van der Waals surface area contributed by atoms with Crippen molar-refractivity contribution >= 4 is 9.84 Å². The van der Waals surface area contributed by atoms with Crippen LogP contribution in [0.2, 0.25) is 0 Å². The zero-order chi connectivity index (χ0) is 20.7. The van der Waals surface area contributed by atoms with Gasteiger partial charge >= 0.3 is 0 Å². The van der Waals surface area contributed by atoms with Gasteiger partial charge in [0.25, 0.3) is 0 Å². The molecule has 1 saturated heterocycles. The van der Waals surface area contributed by atoms with Gasteiger partial charge in [-0.2, -0.15) is 0 Å². The third-order valence-corrected chi connectivity index (χ3v) is 8.84. The summed E-state index contributed by atoms with van der Waals surface area (Å²) in [4.78, 5) is 7.01. The van der Waals surface area contributed by atoms with E-state index in [0.29, 0.717) is 11.2 Å². The van der Waals surface area contributed by atoms with Crippen LogP contribution in [0.15, 0.2) is 11.4 Å². The third kappa shape index (κ3) is 5.61. The quantitative estimate of drug-likeness (QED) is 0.563. The number of likely N-dealkylation sites (tertiary alicyclic amines) is 1. The van der Waals surface area contributed by atoms with Gasteiger partial charge in [-0.1, -0.05) is 39.0 Å². The van der Waals surface area contributed by atoms with E-state index in [2.05, 4.69) is 16.8 Å². The summed E-state index contributed by atoms with van der Waals surface area (Å²) in [6.07, 6.45) is 13.3. The van der Waals surface area contributed by atoms with Crippen molar-refractivity contribution in [3.8, 4) is 0 Å². The van der Waals surface area contributed by atoms with E-state index in [1.165, 1.54) is 19.3 Å². The lowest BCUT2D eigenvalue weighted by molar-refractivity contribution is 0.0952. The molecular formula is C22H39N3O3S. The van der Waals surface area contributed by atoms with Gasteiger partial charge in [-0.15, -0.1) is 0 Å². The fraction of sp³-hybridized carbons (Fsp3) is 0.864. The summed E-state index contributed by atoms with van der Waals surface area (Å²) in [6.45, 7) is 5.52. The molecule has 166 valence electrons. The maximum atomic E-state index is 13.4. The number of piperidine rings is 1. The van der Waals surface area contributed by atoms with Crippen molar-refractivity contribution in [3.63, 3.8) is 0 Å². The van der Waals surface area contributed by atoms with Crippen molar-refractivity contribution in [1.29, 1.82) is 0 Å². The van der Waals surface area contributed by atoms with E-state index in [4.69, 9.17) is 4.74 Å². The molecule has 0 N–H and O–H groups in total. The number of hydrogen-bond acceptors (Lipinski definition) is 5. The molecule has 0 spiro atoms. The Labute approximate surface area is 176 Å². The first kappa shape index (κ1) is 22.8. The van der Waals surface area contributed by atoms with Crippen LogP contribution in [0.1, 0.15) is 83.2 Å². The molecule has 0 unspecified atom stereocenters. The van der Waals surface area contributed by atoms with Crippen molar-refractivity contribution in [1.82, 2.24) is 14.5 Å². The maximum absolute atomic E-state index is 13.4. The highest BCUT2D eigenvalue weighted by molar-refractivity contribution is 7.91. The van der Waals surface area contributed by atoms with Crippen LogP contribution in [0.25, 0.3) is 0 Å². The highest BCUT2D eigenvalue weighted by Gasteiger charge is 2.34. The van der Waals surface area contributed by atoms with Gasteiger partial charge in [-0.25, -0.2) is 13.4 Å². The van der Waals surface area contributed by atoms with Crippen LogP contribution in [0, 0.1) is 0 Å². The highest BCUT2D eigenvalue weighted by Crippen LogP contribution is 2.30. The molecule has 0 aromatic carbocycles. The van der Waals surface area contributed by atoms with Crippen molar-refractivity contribution in [3.05, 3.63) is 11.9 Å². The number of sulfone groups is 1. The molecule has 1 aliphatic heterocycles. The smallest absolute Gasteiger partial charge is 0.228 e. The Bertz CT molecular complexity index is 726. The predicted molar refractivity (Wildman–Crippen MR) is 116 cm³/mol. The van der Waals surface area contributed by atoms with Gasteiger partial charge in [0.2, 0.25) is 15.0 Å². The van der Waals surface area contributed by atoms with Gasteiger partial charge < -0.3 is 9.30 Å². The molecule has 1 aromatic rings. The van der Waals surface area contributed by atoms with Gasteiger partial charge in [0.05, 0.1) is 17.1 Å². The van der Waals surface area contributed by atoms with Crippen LogP contribution in [0.4, 0.5) is 0 Å². The van der Waals surface area contributed by atoms with Gasteiger partial charge in [-0.3, -0.25) is 4.90 Å². The number of nitrogens with zero attached hydrogens (tertiary/aromatic N) is 3. The molecule has 0 radical (unpaired) electrons.